The Kier molecular flexibility index (Phi) is 4.99. The van der Waals surface area contributed by atoms with Crippen LogP contribution in [-0.2, 0) is 16.8 Å². The fourth-order valence-corrected chi connectivity index (χ4v) is 3.13. The third-order valence-corrected chi connectivity index (χ3v) is 4.21. The van der Waals surface area contributed by atoms with Crippen molar-refractivity contribution in [3.8, 4) is 11.3 Å². The average molecular weight is 361 g/mol. The van der Waals surface area contributed by atoms with Crippen LogP contribution in [-0.4, -0.2) is 18.4 Å². The molecule has 3 rings (SSSR count). The summed E-state index contributed by atoms with van der Waals surface area (Å²) in [5, 5.41) is 0.590. The van der Waals surface area contributed by atoms with Crippen LogP contribution in [0, 0.1) is 6.92 Å². The number of anilines is 1. The summed E-state index contributed by atoms with van der Waals surface area (Å²) >= 11 is 3.79. The number of nitrogens with one attached hydrogen (secondary N) is 1. The van der Waals surface area contributed by atoms with E-state index in [0.717, 1.165) is 22.6 Å². The molecule has 1 unspecified atom stereocenters. The number of rotatable bonds is 5. The Labute approximate surface area is 147 Å². The molecule has 7 heteroatoms. The maximum absolute atomic E-state index is 11.2. The molecule has 1 N–H and O–H groups in total. The minimum atomic E-state index is -2.24. The summed E-state index contributed by atoms with van der Waals surface area (Å²) in [6.45, 7) is 1.86. The zero-order valence-electron chi connectivity index (χ0n) is 12.9. The summed E-state index contributed by atoms with van der Waals surface area (Å²) in [6.07, 6.45) is 0. The molecule has 0 aliphatic carbocycles. The van der Waals surface area contributed by atoms with Gasteiger partial charge in [0.2, 0.25) is 0 Å². The van der Waals surface area contributed by atoms with Crippen molar-refractivity contribution < 1.29 is 8.76 Å². The molecule has 0 bridgehead atoms. The van der Waals surface area contributed by atoms with E-state index in [2.05, 4.69) is 10.4 Å². The van der Waals surface area contributed by atoms with Crippen LogP contribution in [0.2, 0.25) is 5.02 Å². The van der Waals surface area contributed by atoms with Crippen molar-refractivity contribution in [2.24, 2.45) is 0 Å². The molecule has 0 saturated carbocycles. The van der Waals surface area contributed by atoms with Gasteiger partial charge in [-0.05, 0) is 36.2 Å². The van der Waals surface area contributed by atoms with Crippen molar-refractivity contribution in [3.63, 3.8) is 0 Å². The van der Waals surface area contributed by atoms with Crippen molar-refractivity contribution in [1.82, 2.24) is 9.66 Å². The van der Waals surface area contributed by atoms with E-state index in [9.17, 15) is 8.76 Å². The van der Waals surface area contributed by atoms with Crippen LogP contribution in [0.25, 0.3) is 11.3 Å². The maximum Gasteiger partial charge on any atom is 0.140 e. The first-order chi connectivity index (χ1) is 11.5. The third-order valence-electron chi connectivity index (χ3n) is 3.48. The van der Waals surface area contributed by atoms with Gasteiger partial charge in [0.25, 0.3) is 0 Å². The van der Waals surface area contributed by atoms with Gasteiger partial charge in [0.05, 0.1) is 22.8 Å². The summed E-state index contributed by atoms with van der Waals surface area (Å²) in [4.78, 5) is 4.42. The molecule has 0 fully saturated rings. The predicted octanol–water partition coefficient (Wildman–Crippen LogP) is 3.77. The Bertz CT molecular complexity index is 881. The highest BCUT2D eigenvalue weighted by Crippen LogP contribution is 2.26. The Morgan fingerprint density at radius 3 is 2.62 bits per heavy atom. The highest BCUT2D eigenvalue weighted by atomic mass is 35.5. The molecule has 2 aromatic carbocycles. The molecular weight excluding hydrogens is 346 g/mol. The predicted molar refractivity (Wildman–Crippen MR) is 95.5 cm³/mol. The Morgan fingerprint density at radius 1 is 1.21 bits per heavy atom. The summed E-state index contributed by atoms with van der Waals surface area (Å²) in [5.74, 6) is 0.237. The monoisotopic (exact) mass is 360 g/mol. The van der Waals surface area contributed by atoms with Gasteiger partial charge < -0.3 is 4.55 Å². The fraction of sp³-hybridized carbons (Fsp3) is 0.118. The van der Waals surface area contributed by atoms with Gasteiger partial charge in [-0.15, -0.1) is 0 Å². The fourth-order valence-electron chi connectivity index (χ4n) is 2.53. The van der Waals surface area contributed by atoms with Crippen molar-refractivity contribution in [2.75, 3.05) is 5.43 Å². The molecule has 5 nitrogen and oxygen atoms in total. The number of aromatic nitrogens is 2. The number of halogens is 1. The topological polar surface area (TPSA) is 70.0 Å². The van der Waals surface area contributed by atoms with Crippen LogP contribution in [0.15, 0.2) is 54.6 Å². The standard InChI is InChI=1S/C17H16ClN3O2S/c1-12-17(13-6-3-2-4-7-13)21(16(19-12)11-24(22)23)20-15-9-5-8-14(18)10-15/h2-10,20H,11H2,1H3,(H,22,23)/p-1. The highest BCUT2D eigenvalue weighted by Gasteiger charge is 2.16. The lowest BCUT2D eigenvalue weighted by Gasteiger charge is -2.16. The van der Waals surface area contributed by atoms with Crippen LogP contribution in [0.3, 0.4) is 0 Å². The van der Waals surface area contributed by atoms with Crippen LogP contribution >= 0.6 is 11.6 Å². The minimum absolute atomic E-state index is 0.179. The van der Waals surface area contributed by atoms with E-state index in [-0.39, 0.29) is 5.75 Å². The van der Waals surface area contributed by atoms with Gasteiger partial charge in [-0.1, -0.05) is 48.0 Å². The molecule has 1 atom stereocenters. The molecular formula is C17H15ClN3O2S-. The lowest BCUT2D eigenvalue weighted by Crippen LogP contribution is -2.15. The number of benzene rings is 2. The molecule has 0 radical (unpaired) electrons. The molecule has 0 spiro atoms. The van der Waals surface area contributed by atoms with Crippen molar-refractivity contribution in [3.05, 3.63) is 71.1 Å². The maximum atomic E-state index is 11.2. The van der Waals surface area contributed by atoms with Crippen LogP contribution in [0.4, 0.5) is 5.69 Å². The molecule has 124 valence electrons. The lowest BCUT2D eigenvalue weighted by molar-refractivity contribution is 0.534. The first kappa shape index (κ1) is 16.7. The van der Waals surface area contributed by atoms with Gasteiger partial charge >= 0.3 is 0 Å². The summed E-state index contributed by atoms with van der Waals surface area (Å²) < 4.78 is 24.1. The third kappa shape index (κ3) is 3.67. The van der Waals surface area contributed by atoms with Gasteiger partial charge in [-0.3, -0.25) is 9.63 Å². The average Bonchev–Trinajstić information content (AvgIpc) is 2.83. The lowest BCUT2D eigenvalue weighted by atomic mass is 10.1. The molecule has 24 heavy (non-hydrogen) atoms. The zero-order valence-corrected chi connectivity index (χ0v) is 14.5. The van der Waals surface area contributed by atoms with Crippen molar-refractivity contribution >= 4 is 28.4 Å². The van der Waals surface area contributed by atoms with Crippen molar-refractivity contribution in [1.29, 1.82) is 0 Å². The molecule has 0 aliphatic rings. The first-order valence-corrected chi connectivity index (χ1v) is 8.89. The molecule has 3 aromatic rings. The number of nitrogens with zero attached hydrogens (tertiary/aromatic N) is 2. The smallest absolute Gasteiger partial charge is 0.140 e. The van der Waals surface area contributed by atoms with Crippen molar-refractivity contribution in [2.45, 2.75) is 12.7 Å². The SMILES string of the molecule is Cc1nc(CS(=O)[O-])n(Nc2cccc(Cl)c2)c1-c1ccccc1. The quantitative estimate of drug-likeness (QED) is 0.703. The Balaban J connectivity index is 2.11. The van der Waals surface area contributed by atoms with E-state index in [1.54, 1.807) is 16.8 Å². The van der Waals surface area contributed by atoms with Gasteiger partial charge in [0, 0.05) is 10.6 Å². The van der Waals surface area contributed by atoms with E-state index in [0.29, 0.717) is 10.8 Å². The molecule has 1 aromatic heterocycles. The van der Waals surface area contributed by atoms with E-state index >= 15 is 0 Å². The van der Waals surface area contributed by atoms with Crippen LogP contribution in [0.5, 0.6) is 0 Å². The number of aryl methyl sites for hydroxylation is 1. The van der Waals surface area contributed by atoms with Gasteiger partial charge in [-0.2, -0.15) is 0 Å². The molecule has 0 amide bonds. The summed E-state index contributed by atoms with van der Waals surface area (Å²) in [6, 6.07) is 16.9. The largest absolute Gasteiger partial charge is 0.772 e. The second kappa shape index (κ2) is 7.17. The van der Waals surface area contributed by atoms with Crippen LogP contribution in [0.1, 0.15) is 11.5 Å². The van der Waals surface area contributed by atoms with Gasteiger partial charge in [-0.25, -0.2) is 9.66 Å². The molecule has 0 saturated heterocycles. The van der Waals surface area contributed by atoms with E-state index < -0.39 is 11.1 Å². The van der Waals surface area contributed by atoms with Gasteiger partial charge in [0.1, 0.15) is 5.82 Å². The summed E-state index contributed by atoms with van der Waals surface area (Å²) in [7, 11) is 0. The Morgan fingerprint density at radius 2 is 1.96 bits per heavy atom. The highest BCUT2D eigenvalue weighted by molar-refractivity contribution is 7.78. The zero-order chi connectivity index (χ0) is 17.1. The van der Waals surface area contributed by atoms with Crippen LogP contribution < -0.4 is 5.43 Å². The van der Waals surface area contributed by atoms with Gasteiger partial charge in [0.15, 0.2) is 0 Å². The molecule has 0 aliphatic heterocycles. The Hall–Kier alpha value is -2.15. The number of hydrogen-bond acceptors (Lipinski definition) is 4. The first-order valence-electron chi connectivity index (χ1n) is 7.26. The number of imidazole rings is 1. The van der Waals surface area contributed by atoms with E-state index in [1.807, 2.05) is 49.4 Å². The number of hydrogen-bond donors (Lipinski definition) is 1. The van der Waals surface area contributed by atoms with E-state index in [1.165, 1.54) is 0 Å². The molecule has 1 heterocycles. The second-order valence-corrected chi connectivity index (χ2v) is 6.57. The normalized spacial score (nSPS) is 12.1. The minimum Gasteiger partial charge on any atom is -0.772 e. The van der Waals surface area contributed by atoms with E-state index in [4.69, 9.17) is 11.6 Å². The second-order valence-electron chi connectivity index (χ2n) is 5.23. The summed E-state index contributed by atoms with van der Waals surface area (Å²) in [5.41, 5.74) is 6.46.